The molecule has 0 saturated carbocycles. The van der Waals surface area contributed by atoms with Gasteiger partial charge >= 0.3 is 0 Å². The van der Waals surface area contributed by atoms with Gasteiger partial charge in [-0.15, -0.1) is 0 Å². The van der Waals surface area contributed by atoms with Crippen molar-refractivity contribution < 1.29 is 4.79 Å². The molecular formula is C10H20N2O. The van der Waals surface area contributed by atoms with Gasteiger partial charge in [0.1, 0.15) is 0 Å². The summed E-state index contributed by atoms with van der Waals surface area (Å²) in [5, 5.41) is 3.05. The smallest absolute Gasteiger partial charge is 0.219 e. The second-order valence-electron chi connectivity index (χ2n) is 3.97. The van der Waals surface area contributed by atoms with E-state index in [1.165, 1.54) is 0 Å². The first kappa shape index (κ1) is 10.5. The minimum atomic E-state index is 0.182. The highest BCUT2D eigenvalue weighted by Gasteiger charge is 2.23. The Morgan fingerprint density at radius 2 is 2.31 bits per heavy atom. The lowest BCUT2D eigenvalue weighted by molar-refractivity contribution is -0.121. The normalized spacial score (nSPS) is 30.1. The first-order chi connectivity index (χ1) is 6.13. The number of rotatable bonds is 2. The molecule has 0 aromatic carbocycles. The standard InChI is InChI=1S/C10H20N2O/c1-4-10(13)11-9-5-6-12(3)8(2)7-9/h8-9H,4-7H2,1-3H3,(H,11,13). The fourth-order valence-corrected chi connectivity index (χ4v) is 1.75. The summed E-state index contributed by atoms with van der Waals surface area (Å²) in [6, 6.07) is 0.995. The Labute approximate surface area is 80.5 Å². The monoisotopic (exact) mass is 184 g/mol. The van der Waals surface area contributed by atoms with Crippen LogP contribution in [0.3, 0.4) is 0 Å². The van der Waals surface area contributed by atoms with Crippen LogP contribution in [0, 0.1) is 0 Å². The molecule has 0 aromatic rings. The number of carbonyl (C=O) groups is 1. The highest BCUT2D eigenvalue weighted by molar-refractivity contribution is 5.75. The summed E-state index contributed by atoms with van der Waals surface area (Å²) in [4.78, 5) is 13.5. The molecule has 0 aromatic heterocycles. The van der Waals surface area contributed by atoms with Crippen LogP contribution in [0.15, 0.2) is 0 Å². The van der Waals surface area contributed by atoms with E-state index in [2.05, 4.69) is 24.2 Å². The maximum Gasteiger partial charge on any atom is 0.219 e. The minimum absolute atomic E-state index is 0.182. The van der Waals surface area contributed by atoms with Gasteiger partial charge in [-0.2, -0.15) is 0 Å². The first-order valence-electron chi connectivity index (χ1n) is 5.13. The van der Waals surface area contributed by atoms with Crippen molar-refractivity contribution in [2.24, 2.45) is 0 Å². The summed E-state index contributed by atoms with van der Waals surface area (Å²) in [5.41, 5.74) is 0. The zero-order valence-electron chi connectivity index (χ0n) is 8.84. The fourth-order valence-electron chi connectivity index (χ4n) is 1.75. The van der Waals surface area contributed by atoms with Gasteiger partial charge in [-0.05, 0) is 26.8 Å². The molecule has 3 heteroatoms. The average molecular weight is 184 g/mol. The van der Waals surface area contributed by atoms with Crippen molar-refractivity contribution in [3.63, 3.8) is 0 Å². The molecular weight excluding hydrogens is 164 g/mol. The molecule has 1 saturated heterocycles. The third-order valence-electron chi connectivity index (χ3n) is 2.89. The van der Waals surface area contributed by atoms with Gasteiger partial charge in [0.25, 0.3) is 0 Å². The summed E-state index contributed by atoms with van der Waals surface area (Å²) in [6.45, 7) is 5.20. The maximum absolute atomic E-state index is 11.1. The van der Waals surface area contributed by atoms with Crippen LogP contribution in [0.5, 0.6) is 0 Å². The van der Waals surface area contributed by atoms with Gasteiger partial charge in [0.15, 0.2) is 0 Å². The van der Waals surface area contributed by atoms with Crippen LogP contribution < -0.4 is 5.32 Å². The van der Waals surface area contributed by atoms with E-state index in [1.54, 1.807) is 0 Å². The highest BCUT2D eigenvalue weighted by Crippen LogP contribution is 2.15. The molecule has 0 bridgehead atoms. The molecule has 0 spiro atoms. The van der Waals surface area contributed by atoms with Crippen LogP contribution >= 0.6 is 0 Å². The lowest BCUT2D eigenvalue weighted by Crippen LogP contribution is -2.47. The molecule has 3 nitrogen and oxygen atoms in total. The molecule has 2 atom stereocenters. The largest absolute Gasteiger partial charge is 0.353 e. The van der Waals surface area contributed by atoms with Gasteiger partial charge in [-0.3, -0.25) is 4.79 Å². The third-order valence-corrected chi connectivity index (χ3v) is 2.89. The van der Waals surface area contributed by atoms with Crippen LogP contribution in [0.25, 0.3) is 0 Å². The Balaban J connectivity index is 2.33. The van der Waals surface area contributed by atoms with E-state index < -0.39 is 0 Å². The van der Waals surface area contributed by atoms with Crippen LogP contribution in [-0.4, -0.2) is 36.5 Å². The predicted octanol–water partition coefficient (Wildman–Crippen LogP) is 0.995. The molecule has 1 aliphatic heterocycles. The summed E-state index contributed by atoms with van der Waals surface area (Å²) < 4.78 is 0. The molecule has 1 amide bonds. The summed E-state index contributed by atoms with van der Waals surface area (Å²) in [5.74, 6) is 0.182. The topological polar surface area (TPSA) is 32.3 Å². The maximum atomic E-state index is 11.1. The molecule has 0 radical (unpaired) electrons. The van der Waals surface area contributed by atoms with Crippen LogP contribution in [0.2, 0.25) is 0 Å². The summed E-state index contributed by atoms with van der Waals surface area (Å²) in [7, 11) is 2.14. The number of piperidine rings is 1. The lowest BCUT2D eigenvalue weighted by atomic mass is 9.99. The molecule has 1 fully saturated rings. The van der Waals surface area contributed by atoms with Gasteiger partial charge in [0.2, 0.25) is 5.91 Å². The van der Waals surface area contributed by atoms with Crippen molar-refractivity contribution in [3.05, 3.63) is 0 Å². The number of carbonyl (C=O) groups excluding carboxylic acids is 1. The number of hydrogen-bond acceptors (Lipinski definition) is 2. The zero-order valence-corrected chi connectivity index (χ0v) is 8.84. The van der Waals surface area contributed by atoms with Crippen molar-refractivity contribution in [1.82, 2.24) is 10.2 Å². The van der Waals surface area contributed by atoms with Crippen LogP contribution in [0.4, 0.5) is 0 Å². The lowest BCUT2D eigenvalue weighted by Gasteiger charge is -2.35. The molecule has 13 heavy (non-hydrogen) atoms. The highest BCUT2D eigenvalue weighted by atomic mass is 16.1. The second-order valence-corrected chi connectivity index (χ2v) is 3.97. The van der Waals surface area contributed by atoms with E-state index in [0.29, 0.717) is 18.5 Å². The quantitative estimate of drug-likeness (QED) is 0.694. The van der Waals surface area contributed by atoms with Gasteiger partial charge in [0.05, 0.1) is 0 Å². The predicted molar refractivity (Wildman–Crippen MR) is 53.5 cm³/mol. The van der Waals surface area contributed by atoms with Crippen LogP contribution in [-0.2, 0) is 4.79 Å². The number of hydrogen-bond donors (Lipinski definition) is 1. The first-order valence-corrected chi connectivity index (χ1v) is 5.13. The number of likely N-dealkylation sites (tertiary alicyclic amines) is 1. The number of amides is 1. The molecule has 1 N–H and O–H groups in total. The summed E-state index contributed by atoms with van der Waals surface area (Å²) >= 11 is 0. The molecule has 0 aliphatic carbocycles. The Morgan fingerprint density at radius 1 is 1.62 bits per heavy atom. The van der Waals surface area contributed by atoms with Gasteiger partial charge in [0, 0.05) is 25.0 Å². The second kappa shape index (κ2) is 4.61. The van der Waals surface area contributed by atoms with E-state index in [9.17, 15) is 4.79 Å². The van der Waals surface area contributed by atoms with Crippen molar-refractivity contribution in [2.45, 2.75) is 45.2 Å². The summed E-state index contributed by atoms with van der Waals surface area (Å²) in [6.07, 6.45) is 2.77. The van der Waals surface area contributed by atoms with E-state index >= 15 is 0 Å². The Bertz CT molecular complexity index is 182. The number of nitrogens with zero attached hydrogens (tertiary/aromatic N) is 1. The molecule has 76 valence electrons. The molecule has 1 aliphatic rings. The molecule has 2 unspecified atom stereocenters. The van der Waals surface area contributed by atoms with Crippen molar-refractivity contribution >= 4 is 5.91 Å². The van der Waals surface area contributed by atoms with Gasteiger partial charge in [-0.1, -0.05) is 6.92 Å². The Morgan fingerprint density at radius 3 is 2.85 bits per heavy atom. The van der Waals surface area contributed by atoms with Gasteiger partial charge < -0.3 is 10.2 Å². The molecule has 1 rings (SSSR count). The van der Waals surface area contributed by atoms with E-state index in [-0.39, 0.29) is 5.91 Å². The van der Waals surface area contributed by atoms with Crippen molar-refractivity contribution in [3.8, 4) is 0 Å². The van der Waals surface area contributed by atoms with E-state index in [1.807, 2.05) is 6.92 Å². The Hall–Kier alpha value is -0.570. The van der Waals surface area contributed by atoms with Crippen molar-refractivity contribution in [2.75, 3.05) is 13.6 Å². The third kappa shape index (κ3) is 2.99. The average Bonchev–Trinajstić information content (AvgIpc) is 2.11. The zero-order chi connectivity index (χ0) is 9.84. The Kier molecular flexibility index (Phi) is 3.72. The van der Waals surface area contributed by atoms with E-state index in [0.717, 1.165) is 19.4 Å². The SMILES string of the molecule is CCC(=O)NC1CCN(C)C(C)C1. The minimum Gasteiger partial charge on any atom is -0.353 e. The van der Waals surface area contributed by atoms with Crippen molar-refractivity contribution in [1.29, 1.82) is 0 Å². The number of nitrogens with one attached hydrogen (secondary N) is 1. The van der Waals surface area contributed by atoms with E-state index in [4.69, 9.17) is 0 Å². The van der Waals surface area contributed by atoms with Crippen LogP contribution in [0.1, 0.15) is 33.1 Å². The molecule has 1 heterocycles. The van der Waals surface area contributed by atoms with Gasteiger partial charge in [-0.25, -0.2) is 0 Å². The fraction of sp³-hybridized carbons (Fsp3) is 0.900.